The molecule has 3 aromatic rings. The number of hydrogen-bond acceptors (Lipinski definition) is 9. The second-order valence-corrected chi connectivity index (χ2v) is 7.87. The number of ether oxygens (including phenoxy) is 2. The highest BCUT2D eigenvalue weighted by Crippen LogP contribution is 2.34. The van der Waals surface area contributed by atoms with E-state index >= 15 is 0 Å². The lowest BCUT2D eigenvalue weighted by Crippen LogP contribution is -2.30. The third kappa shape index (κ3) is 5.18. The van der Waals surface area contributed by atoms with E-state index in [1.54, 1.807) is 12.1 Å². The van der Waals surface area contributed by atoms with Crippen molar-refractivity contribution in [3.05, 3.63) is 98.1 Å². The van der Waals surface area contributed by atoms with E-state index in [2.05, 4.69) is 10.1 Å². The fraction of sp³-hybridized carbons (Fsp3) is 0.0833. The summed E-state index contributed by atoms with van der Waals surface area (Å²) in [5, 5.41) is 14.1. The standard InChI is InChI=1S/C24H16ClN3O9/c1-35-23(31)19-10-9-14(36-19)12-27-21(29)17(26-24(27)32)11-13-5-4-8-18(28(33)34)20(13)37-22(30)15-6-2-3-7-16(15)25/h2-11H,12H2,1H3,(H,26,32)/b17-11-. The van der Waals surface area contributed by atoms with E-state index in [1.165, 1.54) is 43.5 Å². The predicted octanol–water partition coefficient (Wildman–Crippen LogP) is 3.94. The molecule has 1 fully saturated rings. The molecule has 2 heterocycles. The molecule has 1 saturated heterocycles. The highest BCUT2D eigenvalue weighted by molar-refractivity contribution is 6.33. The highest BCUT2D eigenvalue weighted by atomic mass is 35.5. The number of methoxy groups -OCH3 is 1. The number of esters is 2. The van der Waals surface area contributed by atoms with Gasteiger partial charge in [0.1, 0.15) is 11.5 Å². The summed E-state index contributed by atoms with van der Waals surface area (Å²) in [6.45, 7) is -0.303. The van der Waals surface area contributed by atoms with E-state index in [9.17, 15) is 29.3 Å². The maximum atomic E-state index is 12.9. The Morgan fingerprint density at radius 2 is 1.86 bits per heavy atom. The Hall–Kier alpha value is -4.97. The maximum absolute atomic E-state index is 12.9. The van der Waals surface area contributed by atoms with E-state index in [4.69, 9.17) is 20.8 Å². The first-order chi connectivity index (χ1) is 17.7. The largest absolute Gasteiger partial charge is 0.463 e. The van der Waals surface area contributed by atoms with Gasteiger partial charge in [-0.2, -0.15) is 0 Å². The van der Waals surface area contributed by atoms with Crippen LogP contribution >= 0.6 is 11.6 Å². The molecular formula is C24H16ClN3O9. The van der Waals surface area contributed by atoms with Crippen LogP contribution in [-0.4, -0.2) is 40.8 Å². The number of nitrogens with zero attached hydrogens (tertiary/aromatic N) is 2. The maximum Gasteiger partial charge on any atom is 0.373 e. The lowest BCUT2D eigenvalue weighted by atomic mass is 10.1. The number of para-hydroxylation sites is 1. The van der Waals surface area contributed by atoms with Gasteiger partial charge in [0.2, 0.25) is 11.5 Å². The Kier molecular flexibility index (Phi) is 7.02. The van der Waals surface area contributed by atoms with Crippen LogP contribution in [0, 0.1) is 10.1 Å². The van der Waals surface area contributed by atoms with Crippen LogP contribution < -0.4 is 10.1 Å². The van der Waals surface area contributed by atoms with E-state index in [-0.39, 0.29) is 39.9 Å². The first-order valence-electron chi connectivity index (χ1n) is 10.4. The van der Waals surface area contributed by atoms with E-state index in [1.807, 2.05) is 0 Å². The molecule has 1 aliphatic heterocycles. The lowest BCUT2D eigenvalue weighted by molar-refractivity contribution is -0.385. The normalized spacial score (nSPS) is 14.0. The van der Waals surface area contributed by atoms with Gasteiger partial charge in [-0.1, -0.05) is 35.9 Å². The van der Waals surface area contributed by atoms with Crippen LogP contribution in [0.4, 0.5) is 10.5 Å². The first-order valence-corrected chi connectivity index (χ1v) is 10.8. The molecule has 37 heavy (non-hydrogen) atoms. The molecule has 1 aromatic heterocycles. The third-order valence-electron chi connectivity index (χ3n) is 5.13. The summed E-state index contributed by atoms with van der Waals surface area (Å²) < 4.78 is 15.2. The van der Waals surface area contributed by atoms with E-state index in [0.717, 1.165) is 17.0 Å². The van der Waals surface area contributed by atoms with Crippen LogP contribution in [0.25, 0.3) is 6.08 Å². The monoisotopic (exact) mass is 525 g/mol. The molecule has 1 aliphatic rings. The van der Waals surface area contributed by atoms with Crippen molar-refractivity contribution in [1.82, 2.24) is 10.2 Å². The number of nitrogens with one attached hydrogen (secondary N) is 1. The molecule has 0 atom stereocenters. The third-order valence-corrected chi connectivity index (χ3v) is 5.46. The number of imide groups is 1. The van der Waals surface area contributed by atoms with Crippen LogP contribution in [0.3, 0.4) is 0 Å². The number of halogens is 1. The number of carbonyl (C=O) groups excluding carboxylic acids is 4. The lowest BCUT2D eigenvalue weighted by Gasteiger charge is -2.10. The number of hydrogen-bond donors (Lipinski definition) is 1. The van der Waals surface area contributed by atoms with Crippen LogP contribution in [-0.2, 0) is 16.1 Å². The Labute approximate surface area is 213 Å². The van der Waals surface area contributed by atoms with Gasteiger partial charge in [-0.25, -0.2) is 14.4 Å². The van der Waals surface area contributed by atoms with Crippen molar-refractivity contribution in [1.29, 1.82) is 0 Å². The summed E-state index contributed by atoms with van der Waals surface area (Å²) in [4.78, 5) is 61.3. The molecule has 0 radical (unpaired) electrons. The van der Waals surface area contributed by atoms with Crippen molar-refractivity contribution in [3.63, 3.8) is 0 Å². The molecule has 0 unspecified atom stereocenters. The highest BCUT2D eigenvalue weighted by Gasteiger charge is 2.35. The fourth-order valence-corrected chi connectivity index (χ4v) is 3.60. The molecule has 2 aromatic carbocycles. The number of nitro groups is 1. The second-order valence-electron chi connectivity index (χ2n) is 7.46. The van der Waals surface area contributed by atoms with Gasteiger partial charge in [0, 0.05) is 11.6 Å². The number of rotatable bonds is 7. The molecule has 3 amide bonds. The Balaban J connectivity index is 1.64. The number of nitro benzene ring substituents is 1. The Morgan fingerprint density at radius 1 is 1.11 bits per heavy atom. The van der Waals surface area contributed by atoms with Gasteiger partial charge >= 0.3 is 23.7 Å². The molecule has 0 bridgehead atoms. The average molecular weight is 526 g/mol. The molecule has 12 nitrogen and oxygen atoms in total. The smallest absolute Gasteiger partial charge is 0.373 e. The molecule has 188 valence electrons. The summed E-state index contributed by atoms with van der Waals surface area (Å²) in [5.41, 5.74) is -0.831. The van der Waals surface area contributed by atoms with Gasteiger partial charge in [-0.05, 0) is 30.3 Å². The summed E-state index contributed by atoms with van der Waals surface area (Å²) in [6.07, 6.45) is 1.14. The topological polar surface area (TPSA) is 158 Å². The molecule has 13 heteroatoms. The molecule has 0 aliphatic carbocycles. The molecule has 1 N–H and O–H groups in total. The van der Waals surface area contributed by atoms with E-state index in [0.29, 0.717) is 0 Å². The minimum atomic E-state index is -0.956. The van der Waals surface area contributed by atoms with Crippen molar-refractivity contribution >= 4 is 47.2 Å². The van der Waals surface area contributed by atoms with Crippen molar-refractivity contribution in [3.8, 4) is 5.75 Å². The van der Waals surface area contributed by atoms with Gasteiger partial charge < -0.3 is 19.2 Å². The number of amides is 3. The molecule has 4 rings (SSSR count). The summed E-state index contributed by atoms with van der Waals surface area (Å²) in [5.74, 6) is -2.89. The minimum Gasteiger partial charge on any atom is -0.463 e. The number of benzene rings is 2. The van der Waals surface area contributed by atoms with Crippen molar-refractivity contribution < 1.29 is 38.0 Å². The summed E-state index contributed by atoms with van der Waals surface area (Å²) in [7, 11) is 1.17. The van der Waals surface area contributed by atoms with Gasteiger partial charge in [-0.15, -0.1) is 0 Å². The van der Waals surface area contributed by atoms with Gasteiger partial charge in [0.15, 0.2) is 0 Å². The second kappa shape index (κ2) is 10.3. The average Bonchev–Trinajstić information content (AvgIpc) is 3.45. The summed E-state index contributed by atoms with van der Waals surface area (Å²) >= 11 is 6.03. The Morgan fingerprint density at radius 3 is 2.57 bits per heavy atom. The fourth-order valence-electron chi connectivity index (χ4n) is 3.38. The summed E-state index contributed by atoms with van der Waals surface area (Å²) in [6, 6.07) is 11.7. The zero-order valence-corrected chi connectivity index (χ0v) is 19.7. The van der Waals surface area contributed by atoms with Gasteiger partial charge in [-0.3, -0.25) is 19.8 Å². The van der Waals surface area contributed by atoms with Crippen LogP contribution in [0.1, 0.15) is 32.2 Å². The SMILES string of the molecule is COC(=O)c1ccc(CN2C(=O)N/C(=C\c3cccc([N+](=O)[O-])c3OC(=O)c3ccccc3Cl)C2=O)o1. The van der Waals surface area contributed by atoms with Crippen molar-refractivity contribution in [2.75, 3.05) is 7.11 Å². The number of urea groups is 1. The Bertz CT molecular complexity index is 1480. The zero-order chi connectivity index (χ0) is 26.7. The number of furan rings is 1. The van der Waals surface area contributed by atoms with Gasteiger partial charge in [0.05, 0.1) is 29.2 Å². The first kappa shape index (κ1) is 25.1. The minimum absolute atomic E-state index is 0.0221. The van der Waals surface area contributed by atoms with Crippen LogP contribution in [0.15, 0.2) is 64.7 Å². The van der Waals surface area contributed by atoms with Crippen molar-refractivity contribution in [2.45, 2.75) is 6.54 Å². The van der Waals surface area contributed by atoms with Crippen LogP contribution in [0.2, 0.25) is 5.02 Å². The van der Waals surface area contributed by atoms with Gasteiger partial charge in [0.25, 0.3) is 5.91 Å². The predicted molar refractivity (Wildman–Crippen MR) is 127 cm³/mol. The zero-order valence-electron chi connectivity index (χ0n) is 18.9. The molecule has 0 spiro atoms. The van der Waals surface area contributed by atoms with Crippen LogP contribution in [0.5, 0.6) is 5.75 Å². The number of carbonyl (C=O) groups is 4. The van der Waals surface area contributed by atoms with E-state index < -0.39 is 40.2 Å². The molecular weight excluding hydrogens is 510 g/mol. The molecule has 0 saturated carbocycles. The van der Waals surface area contributed by atoms with Crippen molar-refractivity contribution in [2.24, 2.45) is 0 Å². The quantitative estimate of drug-likeness (QED) is 0.120.